The lowest BCUT2D eigenvalue weighted by molar-refractivity contribution is -0.119. The SMILES string of the molecule is CCOc1ccc(C2=C(SCCO)C(=O)N(c3cccc(F)c3)C2=O)cc1. The van der Waals surface area contributed by atoms with Gasteiger partial charge in [0.2, 0.25) is 0 Å². The summed E-state index contributed by atoms with van der Waals surface area (Å²) in [6.07, 6.45) is 0. The molecule has 2 aromatic rings. The van der Waals surface area contributed by atoms with E-state index in [1.807, 2.05) is 6.92 Å². The van der Waals surface area contributed by atoms with Gasteiger partial charge in [-0.05, 0) is 42.8 Å². The number of anilines is 1. The van der Waals surface area contributed by atoms with Gasteiger partial charge in [0.15, 0.2) is 0 Å². The van der Waals surface area contributed by atoms with E-state index in [0.29, 0.717) is 17.9 Å². The second kappa shape index (κ2) is 8.37. The molecule has 1 aliphatic rings. The number of amides is 2. The molecule has 140 valence electrons. The molecule has 27 heavy (non-hydrogen) atoms. The van der Waals surface area contributed by atoms with E-state index < -0.39 is 17.6 Å². The van der Waals surface area contributed by atoms with Gasteiger partial charge < -0.3 is 9.84 Å². The van der Waals surface area contributed by atoms with Crippen molar-refractivity contribution in [3.8, 4) is 5.75 Å². The van der Waals surface area contributed by atoms with E-state index in [4.69, 9.17) is 9.84 Å². The Balaban J connectivity index is 2.02. The first-order valence-electron chi connectivity index (χ1n) is 8.42. The lowest BCUT2D eigenvalue weighted by Crippen LogP contribution is -2.31. The van der Waals surface area contributed by atoms with Gasteiger partial charge in [-0.2, -0.15) is 0 Å². The van der Waals surface area contributed by atoms with Crippen molar-refractivity contribution in [3.05, 3.63) is 64.8 Å². The number of carbonyl (C=O) groups is 2. The Bertz CT molecular complexity index is 895. The number of hydrogen-bond donors (Lipinski definition) is 1. The summed E-state index contributed by atoms with van der Waals surface area (Å²) in [6.45, 7) is 2.26. The van der Waals surface area contributed by atoms with Crippen LogP contribution in [0.3, 0.4) is 0 Å². The van der Waals surface area contributed by atoms with Crippen LogP contribution in [0.25, 0.3) is 5.57 Å². The Morgan fingerprint density at radius 1 is 1.11 bits per heavy atom. The van der Waals surface area contributed by atoms with Crippen LogP contribution in [-0.2, 0) is 9.59 Å². The van der Waals surface area contributed by atoms with Crippen LogP contribution in [0, 0.1) is 5.82 Å². The largest absolute Gasteiger partial charge is 0.494 e. The number of imide groups is 1. The molecule has 0 saturated heterocycles. The number of aliphatic hydroxyl groups is 1. The van der Waals surface area contributed by atoms with Gasteiger partial charge in [-0.3, -0.25) is 9.59 Å². The second-order valence-corrected chi connectivity index (χ2v) is 6.76. The molecule has 1 heterocycles. The predicted octanol–water partition coefficient (Wildman–Crippen LogP) is 3.23. The quantitative estimate of drug-likeness (QED) is 0.739. The molecule has 7 heteroatoms. The van der Waals surface area contributed by atoms with Crippen molar-refractivity contribution in [1.29, 1.82) is 0 Å². The summed E-state index contributed by atoms with van der Waals surface area (Å²) in [5.74, 6) is -0.647. The molecule has 0 aromatic heterocycles. The van der Waals surface area contributed by atoms with Crippen molar-refractivity contribution in [2.75, 3.05) is 23.9 Å². The Kier molecular flexibility index (Phi) is 5.93. The normalized spacial score (nSPS) is 14.3. The highest BCUT2D eigenvalue weighted by Crippen LogP contribution is 2.38. The number of nitrogens with zero attached hydrogens (tertiary/aromatic N) is 1. The number of thioether (sulfide) groups is 1. The lowest BCUT2D eigenvalue weighted by atomic mass is 10.1. The maximum absolute atomic E-state index is 13.6. The third-order valence-electron chi connectivity index (χ3n) is 3.90. The smallest absolute Gasteiger partial charge is 0.272 e. The van der Waals surface area contributed by atoms with Crippen molar-refractivity contribution in [2.24, 2.45) is 0 Å². The van der Waals surface area contributed by atoms with Crippen LogP contribution in [-0.4, -0.2) is 35.9 Å². The van der Waals surface area contributed by atoms with E-state index in [1.54, 1.807) is 24.3 Å². The van der Waals surface area contributed by atoms with Gasteiger partial charge in [-0.25, -0.2) is 9.29 Å². The standard InChI is InChI=1S/C20H18FNO4S/c1-2-26-16-8-6-13(7-9-16)17-18(27-11-10-23)20(25)22(19(17)24)15-5-3-4-14(21)12-15/h3-9,12,23H,2,10-11H2,1H3. The number of benzene rings is 2. The lowest BCUT2D eigenvalue weighted by Gasteiger charge is -2.15. The number of ether oxygens (including phenoxy) is 1. The van der Waals surface area contributed by atoms with Crippen LogP contribution < -0.4 is 9.64 Å². The Hall–Kier alpha value is -2.64. The van der Waals surface area contributed by atoms with Crippen molar-refractivity contribution in [1.82, 2.24) is 0 Å². The summed E-state index contributed by atoms with van der Waals surface area (Å²) in [5, 5.41) is 9.13. The number of carbonyl (C=O) groups excluding carboxylic acids is 2. The van der Waals surface area contributed by atoms with Gasteiger partial charge in [0.1, 0.15) is 11.6 Å². The number of aliphatic hydroxyl groups excluding tert-OH is 1. The van der Waals surface area contributed by atoms with Gasteiger partial charge in [0.05, 0.1) is 29.4 Å². The highest BCUT2D eigenvalue weighted by atomic mass is 32.2. The van der Waals surface area contributed by atoms with E-state index in [-0.39, 0.29) is 28.5 Å². The van der Waals surface area contributed by atoms with Crippen LogP contribution in [0.2, 0.25) is 0 Å². The van der Waals surface area contributed by atoms with Crippen LogP contribution in [0.5, 0.6) is 5.75 Å². The average Bonchev–Trinajstić information content (AvgIpc) is 2.91. The maximum Gasteiger partial charge on any atom is 0.272 e. The van der Waals surface area contributed by atoms with E-state index in [9.17, 15) is 14.0 Å². The average molecular weight is 387 g/mol. The van der Waals surface area contributed by atoms with E-state index in [2.05, 4.69) is 0 Å². The number of rotatable bonds is 7. The molecule has 0 spiro atoms. The molecule has 2 aromatic carbocycles. The molecular formula is C20H18FNO4S. The minimum atomic E-state index is -0.535. The molecular weight excluding hydrogens is 369 g/mol. The fraction of sp³-hybridized carbons (Fsp3) is 0.200. The van der Waals surface area contributed by atoms with Crippen molar-refractivity contribution >= 4 is 34.8 Å². The fourth-order valence-electron chi connectivity index (χ4n) is 2.78. The molecule has 0 unspecified atom stereocenters. The van der Waals surface area contributed by atoms with E-state index in [1.165, 1.54) is 18.2 Å². The van der Waals surface area contributed by atoms with Crippen molar-refractivity contribution in [3.63, 3.8) is 0 Å². The highest BCUT2D eigenvalue weighted by molar-refractivity contribution is 8.04. The summed E-state index contributed by atoms with van der Waals surface area (Å²) >= 11 is 1.11. The van der Waals surface area contributed by atoms with Gasteiger partial charge >= 0.3 is 0 Å². The first-order valence-corrected chi connectivity index (χ1v) is 9.41. The molecule has 3 rings (SSSR count). The third kappa shape index (κ3) is 3.89. The summed E-state index contributed by atoms with van der Waals surface area (Å²) in [5.41, 5.74) is 0.981. The minimum absolute atomic E-state index is 0.133. The molecule has 1 N–H and O–H groups in total. The third-order valence-corrected chi connectivity index (χ3v) is 4.95. The topological polar surface area (TPSA) is 66.8 Å². The molecule has 5 nitrogen and oxygen atoms in total. The van der Waals surface area contributed by atoms with Crippen LogP contribution >= 0.6 is 11.8 Å². The van der Waals surface area contributed by atoms with Crippen molar-refractivity contribution in [2.45, 2.75) is 6.92 Å². The van der Waals surface area contributed by atoms with Gasteiger partial charge in [0, 0.05) is 5.75 Å². The maximum atomic E-state index is 13.6. The summed E-state index contributed by atoms with van der Waals surface area (Å²) < 4.78 is 19.0. The summed E-state index contributed by atoms with van der Waals surface area (Å²) in [7, 11) is 0. The van der Waals surface area contributed by atoms with E-state index in [0.717, 1.165) is 22.7 Å². The van der Waals surface area contributed by atoms with Gasteiger partial charge in [-0.15, -0.1) is 11.8 Å². The molecule has 0 fully saturated rings. The Morgan fingerprint density at radius 2 is 1.85 bits per heavy atom. The molecule has 0 atom stereocenters. The number of halogens is 1. The minimum Gasteiger partial charge on any atom is -0.494 e. The van der Waals surface area contributed by atoms with Gasteiger partial charge in [0.25, 0.3) is 11.8 Å². The molecule has 0 bridgehead atoms. The van der Waals surface area contributed by atoms with Crippen LogP contribution in [0.1, 0.15) is 12.5 Å². The van der Waals surface area contributed by atoms with Crippen LogP contribution in [0.4, 0.5) is 10.1 Å². The van der Waals surface area contributed by atoms with E-state index >= 15 is 0 Å². The monoisotopic (exact) mass is 387 g/mol. The van der Waals surface area contributed by atoms with Crippen molar-refractivity contribution < 1.29 is 23.8 Å². The second-order valence-electron chi connectivity index (χ2n) is 5.66. The Morgan fingerprint density at radius 3 is 2.48 bits per heavy atom. The number of hydrogen-bond acceptors (Lipinski definition) is 5. The zero-order valence-electron chi connectivity index (χ0n) is 14.6. The predicted molar refractivity (Wildman–Crippen MR) is 103 cm³/mol. The summed E-state index contributed by atoms with van der Waals surface area (Å²) in [4.78, 5) is 27.1. The first kappa shape index (κ1) is 19.1. The molecule has 2 amide bonds. The highest BCUT2D eigenvalue weighted by Gasteiger charge is 2.40. The van der Waals surface area contributed by atoms with Gasteiger partial charge in [-0.1, -0.05) is 18.2 Å². The molecule has 0 radical (unpaired) electrons. The fourth-order valence-corrected chi connectivity index (χ4v) is 3.64. The summed E-state index contributed by atoms with van der Waals surface area (Å²) in [6, 6.07) is 12.2. The zero-order valence-corrected chi connectivity index (χ0v) is 15.5. The molecule has 0 aliphatic carbocycles. The zero-order chi connectivity index (χ0) is 19.4. The Labute approximate surface area is 160 Å². The molecule has 1 aliphatic heterocycles. The first-order chi connectivity index (χ1) is 13.1. The molecule has 0 saturated carbocycles. The van der Waals surface area contributed by atoms with Crippen LogP contribution in [0.15, 0.2) is 53.4 Å².